The molecule has 0 amide bonds. The van der Waals surface area contributed by atoms with Gasteiger partial charge in [0, 0.05) is 10.0 Å². The van der Waals surface area contributed by atoms with Crippen LogP contribution in [-0.2, 0) is 0 Å². The predicted molar refractivity (Wildman–Crippen MR) is 48.9 cm³/mol. The number of benzene rings is 1. The summed E-state index contributed by atoms with van der Waals surface area (Å²) in [5.74, 6) is 0. The second-order valence-electron chi connectivity index (χ2n) is 2.23. The SMILES string of the molecule is C/[N+]([O-])=C\c1cccc(Br)c1. The van der Waals surface area contributed by atoms with E-state index in [9.17, 15) is 5.21 Å². The Bertz CT molecular complexity index is 279. The number of hydrogen-bond donors (Lipinski definition) is 0. The number of nitrogens with zero attached hydrogens (tertiary/aromatic N) is 1. The van der Waals surface area contributed by atoms with Crippen LogP contribution in [0.25, 0.3) is 0 Å². The molecule has 0 aliphatic rings. The lowest BCUT2D eigenvalue weighted by Gasteiger charge is -1.95. The lowest BCUT2D eigenvalue weighted by molar-refractivity contribution is -0.416. The Kier molecular flexibility index (Phi) is 2.65. The Hall–Kier alpha value is -0.830. The molecule has 0 saturated heterocycles. The largest absolute Gasteiger partial charge is 0.624 e. The molecule has 0 radical (unpaired) electrons. The first-order valence-electron chi connectivity index (χ1n) is 3.19. The summed E-state index contributed by atoms with van der Waals surface area (Å²) >= 11 is 3.31. The molecule has 1 rings (SSSR count). The monoisotopic (exact) mass is 213 g/mol. The van der Waals surface area contributed by atoms with E-state index in [1.807, 2.05) is 24.3 Å². The molecule has 0 aromatic heterocycles. The van der Waals surface area contributed by atoms with Crippen molar-refractivity contribution in [1.29, 1.82) is 0 Å². The Balaban J connectivity index is 2.97. The molecule has 1 aromatic rings. The standard InChI is InChI=1S/C8H8BrNO/c1-10(11)6-7-3-2-4-8(9)5-7/h2-6H,1H3/b10-6+. The minimum Gasteiger partial charge on any atom is -0.624 e. The van der Waals surface area contributed by atoms with Gasteiger partial charge < -0.3 is 5.21 Å². The first-order valence-corrected chi connectivity index (χ1v) is 3.98. The van der Waals surface area contributed by atoms with Gasteiger partial charge in [-0.1, -0.05) is 22.0 Å². The molecular weight excluding hydrogens is 206 g/mol. The number of halogens is 1. The minimum atomic E-state index is 0.780. The third kappa shape index (κ3) is 2.72. The molecular formula is C8H8BrNO. The van der Waals surface area contributed by atoms with Crippen molar-refractivity contribution in [2.75, 3.05) is 7.05 Å². The molecule has 0 spiro atoms. The summed E-state index contributed by atoms with van der Waals surface area (Å²) in [6.45, 7) is 0. The van der Waals surface area contributed by atoms with Gasteiger partial charge in [-0.2, -0.15) is 0 Å². The van der Waals surface area contributed by atoms with E-state index in [1.54, 1.807) is 0 Å². The van der Waals surface area contributed by atoms with Crippen molar-refractivity contribution in [2.24, 2.45) is 0 Å². The molecule has 0 aliphatic carbocycles. The van der Waals surface area contributed by atoms with Gasteiger partial charge in [-0.3, -0.25) is 0 Å². The van der Waals surface area contributed by atoms with E-state index in [0.717, 1.165) is 14.8 Å². The van der Waals surface area contributed by atoms with Gasteiger partial charge in [0.2, 0.25) is 0 Å². The van der Waals surface area contributed by atoms with E-state index in [1.165, 1.54) is 13.3 Å². The lowest BCUT2D eigenvalue weighted by atomic mass is 10.2. The van der Waals surface area contributed by atoms with Crippen LogP contribution in [0.4, 0.5) is 0 Å². The zero-order valence-electron chi connectivity index (χ0n) is 6.12. The third-order valence-electron chi connectivity index (χ3n) is 1.18. The molecule has 3 heteroatoms. The van der Waals surface area contributed by atoms with Crippen LogP contribution in [0.5, 0.6) is 0 Å². The van der Waals surface area contributed by atoms with Gasteiger partial charge in [0.1, 0.15) is 7.05 Å². The predicted octanol–water partition coefficient (Wildman–Crippen LogP) is 2.01. The van der Waals surface area contributed by atoms with E-state index in [4.69, 9.17) is 0 Å². The Morgan fingerprint density at radius 1 is 1.55 bits per heavy atom. The Labute approximate surface area is 73.9 Å². The van der Waals surface area contributed by atoms with Crippen molar-refractivity contribution >= 4 is 22.1 Å². The molecule has 11 heavy (non-hydrogen) atoms. The summed E-state index contributed by atoms with van der Waals surface area (Å²) in [6.07, 6.45) is 1.52. The molecule has 0 N–H and O–H groups in total. The zero-order chi connectivity index (χ0) is 8.27. The zero-order valence-corrected chi connectivity index (χ0v) is 7.71. The highest BCUT2D eigenvalue weighted by Gasteiger charge is 1.91. The van der Waals surface area contributed by atoms with Crippen LogP contribution in [0.3, 0.4) is 0 Å². The molecule has 0 saturated carbocycles. The average molecular weight is 214 g/mol. The molecule has 2 nitrogen and oxygen atoms in total. The highest BCUT2D eigenvalue weighted by atomic mass is 79.9. The highest BCUT2D eigenvalue weighted by molar-refractivity contribution is 9.10. The number of rotatable bonds is 1. The van der Waals surface area contributed by atoms with Crippen molar-refractivity contribution in [3.8, 4) is 0 Å². The van der Waals surface area contributed by atoms with Gasteiger partial charge in [0.15, 0.2) is 6.21 Å². The lowest BCUT2D eigenvalue weighted by Crippen LogP contribution is -1.96. The van der Waals surface area contributed by atoms with Crippen LogP contribution in [0, 0.1) is 5.21 Å². The molecule has 0 aliphatic heterocycles. The fraction of sp³-hybridized carbons (Fsp3) is 0.125. The van der Waals surface area contributed by atoms with Crippen molar-refractivity contribution in [2.45, 2.75) is 0 Å². The van der Waals surface area contributed by atoms with Gasteiger partial charge >= 0.3 is 0 Å². The molecule has 0 unspecified atom stereocenters. The van der Waals surface area contributed by atoms with Crippen LogP contribution < -0.4 is 0 Å². The topological polar surface area (TPSA) is 26.1 Å². The van der Waals surface area contributed by atoms with E-state index in [-0.39, 0.29) is 0 Å². The van der Waals surface area contributed by atoms with E-state index in [0.29, 0.717) is 0 Å². The number of hydroxylamine groups is 1. The maximum atomic E-state index is 10.6. The summed E-state index contributed by atoms with van der Waals surface area (Å²) in [7, 11) is 1.46. The molecule has 0 bridgehead atoms. The second kappa shape index (κ2) is 3.53. The Morgan fingerprint density at radius 3 is 2.82 bits per heavy atom. The summed E-state index contributed by atoms with van der Waals surface area (Å²) in [6, 6.07) is 7.56. The second-order valence-corrected chi connectivity index (χ2v) is 3.15. The summed E-state index contributed by atoms with van der Waals surface area (Å²) < 4.78 is 1.76. The maximum Gasteiger partial charge on any atom is 0.181 e. The highest BCUT2D eigenvalue weighted by Crippen LogP contribution is 2.09. The van der Waals surface area contributed by atoms with E-state index < -0.39 is 0 Å². The molecule has 0 heterocycles. The van der Waals surface area contributed by atoms with Crippen LogP contribution in [0.2, 0.25) is 0 Å². The fourth-order valence-corrected chi connectivity index (χ4v) is 1.21. The van der Waals surface area contributed by atoms with Gasteiger partial charge in [0.25, 0.3) is 0 Å². The summed E-state index contributed by atoms with van der Waals surface area (Å²) in [4.78, 5) is 0. The summed E-state index contributed by atoms with van der Waals surface area (Å²) in [5.41, 5.74) is 0.900. The maximum absolute atomic E-state index is 10.6. The van der Waals surface area contributed by atoms with Crippen molar-refractivity contribution in [3.63, 3.8) is 0 Å². The smallest absolute Gasteiger partial charge is 0.181 e. The van der Waals surface area contributed by atoms with Gasteiger partial charge in [-0.05, 0) is 18.2 Å². The summed E-state index contributed by atoms with van der Waals surface area (Å²) in [5, 5.41) is 10.6. The molecule has 0 atom stereocenters. The fourth-order valence-electron chi connectivity index (χ4n) is 0.797. The van der Waals surface area contributed by atoms with Crippen molar-refractivity contribution in [3.05, 3.63) is 39.5 Å². The van der Waals surface area contributed by atoms with Crippen LogP contribution >= 0.6 is 15.9 Å². The van der Waals surface area contributed by atoms with Gasteiger partial charge in [-0.15, -0.1) is 0 Å². The minimum absolute atomic E-state index is 0.780. The normalized spacial score (nSPS) is 11.6. The van der Waals surface area contributed by atoms with Crippen molar-refractivity contribution < 1.29 is 4.74 Å². The quantitative estimate of drug-likeness (QED) is 0.304. The third-order valence-corrected chi connectivity index (χ3v) is 1.67. The number of hydrogen-bond acceptors (Lipinski definition) is 1. The van der Waals surface area contributed by atoms with Crippen LogP contribution in [0.1, 0.15) is 5.56 Å². The first-order chi connectivity index (χ1) is 5.18. The van der Waals surface area contributed by atoms with Gasteiger partial charge in [-0.25, -0.2) is 4.74 Å². The average Bonchev–Trinajstić information content (AvgIpc) is 1.85. The van der Waals surface area contributed by atoms with E-state index in [2.05, 4.69) is 15.9 Å². The molecule has 0 fully saturated rings. The molecule has 1 aromatic carbocycles. The van der Waals surface area contributed by atoms with Crippen LogP contribution in [0.15, 0.2) is 28.7 Å². The Morgan fingerprint density at radius 2 is 2.27 bits per heavy atom. The van der Waals surface area contributed by atoms with Crippen LogP contribution in [-0.4, -0.2) is 18.0 Å². The van der Waals surface area contributed by atoms with Crippen molar-refractivity contribution in [1.82, 2.24) is 0 Å². The van der Waals surface area contributed by atoms with E-state index >= 15 is 0 Å². The van der Waals surface area contributed by atoms with Gasteiger partial charge in [0.05, 0.1) is 0 Å². The molecule has 58 valence electrons. The first kappa shape index (κ1) is 8.27.